The zero-order valence-corrected chi connectivity index (χ0v) is 12.1. The SMILES string of the molecule is CCOC(=O)c1cnc(SCc2ccc([N+](=O)[O-])cc2)[nH]1. The molecule has 110 valence electrons. The van der Waals surface area contributed by atoms with Crippen molar-refractivity contribution in [1.82, 2.24) is 9.97 Å². The predicted molar refractivity (Wildman–Crippen MR) is 77.2 cm³/mol. The van der Waals surface area contributed by atoms with Crippen LogP contribution in [0.25, 0.3) is 0 Å². The summed E-state index contributed by atoms with van der Waals surface area (Å²) in [6.07, 6.45) is 1.43. The second-order valence-corrected chi connectivity index (χ2v) is 5.00. The van der Waals surface area contributed by atoms with Gasteiger partial charge in [-0.05, 0) is 12.5 Å². The number of hydrogen-bond donors (Lipinski definition) is 1. The van der Waals surface area contributed by atoms with Crippen LogP contribution < -0.4 is 0 Å². The van der Waals surface area contributed by atoms with E-state index in [0.717, 1.165) is 5.56 Å². The number of nitro groups is 1. The molecule has 0 bridgehead atoms. The minimum atomic E-state index is -0.438. The number of H-pyrrole nitrogens is 1. The Kier molecular flexibility index (Phi) is 4.94. The lowest BCUT2D eigenvalue weighted by atomic mass is 10.2. The highest BCUT2D eigenvalue weighted by Crippen LogP contribution is 2.21. The van der Waals surface area contributed by atoms with E-state index >= 15 is 0 Å². The highest BCUT2D eigenvalue weighted by atomic mass is 32.2. The van der Waals surface area contributed by atoms with Crippen molar-refractivity contribution in [3.05, 3.63) is 51.8 Å². The summed E-state index contributed by atoms with van der Waals surface area (Å²) >= 11 is 1.40. The summed E-state index contributed by atoms with van der Waals surface area (Å²) in [4.78, 5) is 28.5. The largest absolute Gasteiger partial charge is 0.461 e. The van der Waals surface area contributed by atoms with Gasteiger partial charge in [-0.2, -0.15) is 0 Å². The number of esters is 1. The quantitative estimate of drug-likeness (QED) is 0.381. The second-order valence-electron chi connectivity index (χ2n) is 4.03. The third kappa shape index (κ3) is 4.06. The number of ether oxygens (including phenoxy) is 1. The molecule has 0 atom stereocenters. The third-order valence-electron chi connectivity index (χ3n) is 2.57. The summed E-state index contributed by atoms with van der Waals surface area (Å²) in [6.45, 7) is 2.04. The number of nitrogens with one attached hydrogen (secondary N) is 1. The first-order chi connectivity index (χ1) is 10.1. The van der Waals surface area contributed by atoms with E-state index in [2.05, 4.69) is 9.97 Å². The molecule has 0 saturated heterocycles. The van der Waals surface area contributed by atoms with Crippen LogP contribution >= 0.6 is 11.8 Å². The van der Waals surface area contributed by atoms with Crippen molar-refractivity contribution >= 4 is 23.4 Å². The van der Waals surface area contributed by atoms with Crippen molar-refractivity contribution in [2.45, 2.75) is 17.8 Å². The molecule has 2 aromatic rings. The van der Waals surface area contributed by atoms with Gasteiger partial charge < -0.3 is 9.72 Å². The maximum Gasteiger partial charge on any atom is 0.356 e. The molecule has 1 aromatic heterocycles. The van der Waals surface area contributed by atoms with Crippen molar-refractivity contribution in [2.24, 2.45) is 0 Å². The van der Waals surface area contributed by atoms with Crippen molar-refractivity contribution in [2.75, 3.05) is 6.61 Å². The van der Waals surface area contributed by atoms with E-state index in [1.54, 1.807) is 19.1 Å². The maximum atomic E-state index is 11.5. The number of non-ortho nitro benzene ring substituents is 1. The van der Waals surface area contributed by atoms with Crippen LogP contribution in [-0.4, -0.2) is 27.5 Å². The van der Waals surface area contributed by atoms with E-state index < -0.39 is 10.9 Å². The Morgan fingerprint density at radius 1 is 1.43 bits per heavy atom. The fourth-order valence-corrected chi connectivity index (χ4v) is 2.36. The smallest absolute Gasteiger partial charge is 0.356 e. The second kappa shape index (κ2) is 6.89. The number of thioether (sulfide) groups is 1. The minimum Gasteiger partial charge on any atom is -0.461 e. The zero-order valence-electron chi connectivity index (χ0n) is 11.2. The van der Waals surface area contributed by atoms with Gasteiger partial charge in [-0.25, -0.2) is 9.78 Å². The Morgan fingerprint density at radius 3 is 2.76 bits per heavy atom. The molecule has 1 N–H and O–H groups in total. The number of hydrogen-bond acceptors (Lipinski definition) is 6. The summed E-state index contributed by atoms with van der Waals surface area (Å²) in [5.41, 5.74) is 1.30. The normalized spacial score (nSPS) is 10.3. The predicted octanol–water partition coefficient (Wildman–Crippen LogP) is 2.79. The molecule has 2 rings (SSSR count). The number of rotatable bonds is 6. The Labute approximate surface area is 124 Å². The van der Waals surface area contributed by atoms with Gasteiger partial charge in [0.1, 0.15) is 5.69 Å². The molecule has 0 amide bonds. The summed E-state index contributed by atoms with van der Waals surface area (Å²) in [5.74, 6) is 0.153. The average molecular weight is 307 g/mol. The molecule has 21 heavy (non-hydrogen) atoms. The van der Waals surface area contributed by atoms with Crippen LogP contribution in [0.2, 0.25) is 0 Å². The van der Waals surface area contributed by atoms with Gasteiger partial charge in [0.05, 0.1) is 17.7 Å². The Hall–Kier alpha value is -2.35. The molecule has 0 spiro atoms. The molecule has 0 radical (unpaired) electrons. The Balaban J connectivity index is 1.94. The number of nitro benzene ring substituents is 1. The van der Waals surface area contributed by atoms with Gasteiger partial charge in [0.15, 0.2) is 5.16 Å². The van der Waals surface area contributed by atoms with Crippen molar-refractivity contribution in [1.29, 1.82) is 0 Å². The van der Waals surface area contributed by atoms with Gasteiger partial charge >= 0.3 is 5.97 Å². The summed E-state index contributed by atoms with van der Waals surface area (Å²) in [5, 5.41) is 11.1. The lowest BCUT2D eigenvalue weighted by molar-refractivity contribution is -0.384. The number of carbonyl (C=O) groups is 1. The van der Waals surface area contributed by atoms with E-state index in [4.69, 9.17) is 4.74 Å². The molecule has 0 aliphatic heterocycles. The molecule has 1 aromatic carbocycles. The molecule has 0 saturated carbocycles. The first kappa shape index (κ1) is 15.0. The standard InChI is InChI=1S/C13H13N3O4S/c1-2-20-12(17)11-7-14-13(15-11)21-8-9-3-5-10(6-4-9)16(18)19/h3-7H,2,8H2,1H3,(H,14,15). The Bertz CT molecular complexity index is 639. The minimum absolute atomic E-state index is 0.0614. The van der Waals surface area contributed by atoms with Crippen molar-refractivity contribution < 1.29 is 14.5 Å². The number of aromatic amines is 1. The van der Waals surface area contributed by atoms with Crippen LogP contribution in [0.3, 0.4) is 0 Å². The number of benzene rings is 1. The van der Waals surface area contributed by atoms with Gasteiger partial charge in [0.2, 0.25) is 0 Å². The lowest BCUT2D eigenvalue weighted by Gasteiger charge is -1.99. The van der Waals surface area contributed by atoms with Crippen LogP contribution in [0.5, 0.6) is 0 Å². The van der Waals surface area contributed by atoms with Crippen LogP contribution in [0.1, 0.15) is 23.0 Å². The molecule has 0 unspecified atom stereocenters. The number of carbonyl (C=O) groups excluding carboxylic acids is 1. The van der Waals surface area contributed by atoms with Crippen molar-refractivity contribution in [3.63, 3.8) is 0 Å². The molecule has 0 aliphatic carbocycles. The number of imidazole rings is 1. The van der Waals surface area contributed by atoms with Crippen LogP contribution in [0, 0.1) is 10.1 Å². The average Bonchev–Trinajstić information content (AvgIpc) is 2.95. The molecule has 0 fully saturated rings. The molecular weight excluding hydrogens is 294 g/mol. The summed E-state index contributed by atoms with van der Waals surface area (Å²) in [6, 6.07) is 6.31. The first-order valence-corrected chi connectivity index (χ1v) is 7.17. The van der Waals surface area contributed by atoms with Gasteiger partial charge in [0, 0.05) is 17.9 Å². The number of aromatic nitrogens is 2. The van der Waals surface area contributed by atoms with E-state index in [1.165, 1.54) is 30.1 Å². The van der Waals surface area contributed by atoms with Crippen LogP contribution in [-0.2, 0) is 10.5 Å². The summed E-state index contributed by atoms with van der Waals surface area (Å²) in [7, 11) is 0. The van der Waals surface area contributed by atoms with E-state index in [-0.39, 0.29) is 5.69 Å². The number of nitrogens with zero attached hydrogens (tertiary/aromatic N) is 2. The van der Waals surface area contributed by atoms with Crippen LogP contribution in [0.4, 0.5) is 5.69 Å². The highest BCUT2D eigenvalue weighted by molar-refractivity contribution is 7.98. The van der Waals surface area contributed by atoms with Crippen LogP contribution in [0.15, 0.2) is 35.6 Å². The molecule has 7 nitrogen and oxygen atoms in total. The topological polar surface area (TPSA) is 98.1 Å². The highest BCUT2D eigenvalue weighted by Gasteiger charge is 2.11. The third-order valence-corrected chi connectivity index (χ3v) is 3.53. The Morgan fingerprint density at radius 2 is 2.14 bits per heavy atom. The van der Waals surface area contributed by atoms with Gasteiger partial charge in [-0.15, -0.1) is 0 Å². The monoisotopic (exact) mass is 307 g/mol. The lowest BCUT2D eigenvalue weighted by Crippen LogP contribution is -2.04. The van der Waals surface area contributed by atoms with Gasteiger partial charge in [-0.1, -0.05) is 23.9 Å². The molecule has 0 aliphatic rings. The van der Waals surface area contributed by atoms with Gasteiger partial charge in [-0.3, -0.25) is 10.1 Å². The zero-order chi connectivity index (χ0) is 15.2. The maximum absolute atomic E-state index is 11.5. The van der Waals surface area contributed by atoms with Gasteiger partial charge in [0.25, 0.3) is 5.69 Å². The molecule has 1 heterocycles. The molecule has 8 heteroatoms. The van der Waals surface area contributed by atoms with E-state index in [9.17, 15) is 14.9 Å². The van der Waals surface area contributed by atoms with E-state index in [1.807, 2.05) is 0 Å². The van der Waals surface area contributed by atoms with Crippen molar-refractivity contribution in [3.8, 4) is 0 Å². The fourth-order valence-electron chi connectivity index (χ4n) is 1.55. The molecular formula is C13H13N3O4S. The summed E-state index contributed by atoms with van der Waals surface area (Å²) < 4.78 is 4.86. The fraction of sp³-hybridized carbons (Fsp3) is 0.231. The first-order valence-electron chi connectivity index (χ1n) is 6.18. The van der Waals surface area contributed by atoms with E-state index in [0.29, 0.717) is 23.2 Å².